The topological polar surface area (TPSA) is 29.3 Å². The van der Waals surface area contributed by atoms with Crippen LogP contribution in [0.4, 0.5) is 0 Å². The van der Waals surface area contributed by atoms with Gasteiger partial charge in [0.2, 0.25) is 0 Å². The van der Waals surface area contributed by atoms with Crippen LogP contribution in [0.1, 0.15) is 54.4 Å². The first kappa shape index (κ1) is 16.7. The average molecular weight is 266 g/mol. The largest absolute Gasteiger partial charge is 0.330 e. The molecule has 1 unspecified atom stereocenters. The molecule has 19 heavy (non-hydrogen) atoms. The Morgan fingerprint density at radius 1 is 1.21 bits per heavy atom. The smallest absolute Gasteiger partial charge is 0.0166 e. The summed E-state index contributed by atoms with van der Waals surface area (Å²) < 4.78 is 0. The quantitative estimate of drug-likeness (QED) is 0.787. The van der Waals surface area contributed by atoms with E-state index in [0.29, 0.717) is 16.7 Å². The lowest BCUT2D eigenvalue weighted by Crippen LogP contribution is -2.38. The van der Waals surface area contributed by atoms with Crippen molar-refractivity contribution in [1.29, 1.82) is 0 Å². The van der Waals surface area contributed by atoms with E-state index in [-0.39, 0.29) is 0 Å². The fourth-order valence-electron chi connectivity index (χ4n) is 3.01. The molecule has 1 aliphatic heterocycles. The summed E-state index contributed by atoms with van der Waals surface area (Å²) in [7, 11) is 0. The molecular weight excluding hydrogens is 232 g/mol. The highest BCUT2D eigenvalue weighted by molar-refractivity contribution is 5.14. The van der Waals surface area contributed by atoms with E-state index >= 15 is 0 Å². The van der Waals surface area contributed by atoms with Gasteiger partial charge in [0.15, 0.2) is 0 Å². The predicted octanol–water partition coefficient (Wildman–Crippen LogP) is 3.68. The van der Waals surface area contributed by atoms with Gasteiger partial charge in [-0.3, -0.25) is 4.90 Å². The van der Waals surface area contributed by atoms with Crippen LogP contribution in [0.5, 0.6) is 0 Å². The molecule has 0 radical (unpaired) electrons. The predicted molar refractivity (Wildman–Crippen MR) is 85.2 cm³/mol. The number of nitrogens with two attached hydrogens (primary N) is 1. The Morgan fingerprint density at radius 2 is 1.84 bits per heavy atom. The van der Waals surface area contributed by atoms with Gasteiger partial charge in [0.25, 0.3) is 0 Å². The Kier molecular flexibility index (Phi) is 5.64. The van der Waals surface area contributed by atoms with Gasteiger partial charge in [-0.15, -0.1) is 0 Å². The van der Waals surface area contributed by atoms with Gasteiger partial charge in [0, 0.05) is 19.6 Å². The Morgan fingerprint density at radius 3 is 2.21 bits per heavy atom. The van der Waals surface area contributed by atoms with Crippen molar-refractivity contribution in [1.82, 2.24) is 4.90 Å². The van der Waals surface area contributed by atoms with E-state index in [1.807, 2.05) is 0 Å². The van der Waals surface area contributed by atoms with Crippen LogP contribution >= 0.6 is 0 Å². The minimum atomic E-state index is 0.338. The van der Waals surface area contributed by atoms with Crippen molar-refractivity contribution in [2.75, 3.05) is 26.2 Å². The molecule has 1 aliphatic rings. The van der Waals surface area contributed by atoms with E-state index in [2.05, 4.69) is 52.5 Å². The van der Waals surface area contributed by atoms with Crippen molar-refractivity contribution in [2.45, 2.75) is 54.4 Å². The Balaban J connectivity index is 2.50. The van der Waals surface area contributed by atoms with Gasteiger partial charge in [-0.1, -0.05) is 53.2 Å². The highest BCUT2D eigenvalue weighted by Gasteiger charge is 2.24. The van der Waals surface area contributed by atoms with E-state index < -0.39 is 0 Å². The third kappa shape index (κ3) is 6.09. The number of hydrogen-bond acceptors (Lipinski definition) is 2. The van der Waals surface area contributed by atoms with Gasteiger partial charge in [-0.25, -0.2) is 0 Å². The molecule has 0 aliphatic carbocycles. The highest BCUT2D eigenvalue weighted by atomic mass is 15.1. The van der Waals surface area contributed by atoms with E-state index in [9.17, 15) is 0 Å². The SMILES string of the molecule is CC(C)(C)CC(CN)CN1CC=C(C(C)(C)C)CC1. The van der Waals surface area contributed by atoms with Crippen molar-refractivity contribution in [3.8, 4) is 0 Å². The summed E-state index contributed by atoms with van der Waals surface area (Å²) in [5.41, 5.74) is 8.29. The second-order valence-corrected chi connectivity index (χ2v) is 8.36. The molecule has 2 heteroatoms. The molecule has 0 aromatic heterocycles. The number of rotatable bonds is 4. The van der Waals surface area contributed by atoms with Crippen molar-refractivity contribution in [3.63, 3.8) is 0 Å². The summed E-state index contributed by atoms with van der Waals surface area (Å²) in [6.07, 6.45) is 4.88. The van der Waals surface area contributed by atoms with Crippen LogP contribution < -0.4 is 5.73 Å². The summed E-state index contributed by atoms with van der Waals surface area (Å²) in [4.78, 5) is 2.57. The van der Waals surface area contributed by atoms with Crippen molar-refractivity contribution < 1.29 is 0 Å². The molecule has 2 N–H and O–H groups in total. The summed E-state index contributed by atoms with van der Waals surface area (Å²) >= 11 is 0. The molecule has 2 nitrogen and oxygen atoms in total. The van der Waals surface area contributed by atoms with E-state index in [4.69, 9.17) is 5.73 Å². The molecule has 0 saturated carbocycles. The van der Waals surface area contributed by atoms with Crippen LogP contribution in [0.3, 0.4) is 0 Å². The molecule has 112 valence electrons. The molecule has 0 amide bonds. The fraction of sp³-hybridized carbons (Fsp3) is 0.882. The third-order valence-electron chi connectivity index (χ3n) is 4.01. The maximum Gasteiger partial charge on any atom is 0.0166 e. The first-order valence-electron chi connectivity index (χ1n) is 7.74. The van der Waals surface area contributed by atoms with Crippen LogP contribution in [-0.4, -0.2) is 31.1 Å². The maximum atomic E-state index is 5.95. The molecular formula is C17H34N2. The fourth-order valence-corrected chi connectivity index (χ4v) is 3.01. The van der Waals surface area contributed by atoms with E-state index in [1.54, 1.807) is 5.57 Å². The average Bonchev–Trinajstić information content (AvgIpc) is 2.26. The zero-order valence-corrected chi connectivity index (χ0v) is 13.9. The molecule has 1 atom stereocenters. The standard InChI is InChI=1S/C17H34N2/c1-16(2,3)11-14(12-18)13-19-9-7-15(8-10-19)17(4,5)6/h7,14H,8-13,18H2,1-6H3. The normalized spacial score (nSPS) is 20.3. The molecule has 0 saturated heterocycles. The van der Waals surface area contributed by atoms with Crippen LogP contribution in [0.25, 0.3) is 0 Å². The van der Waals surface area contributed by atoms with Gasteiger partial charge in [-0.05, 0) is 36.1 Å². The molecule has 0 aromatic carbocycles. The van der Waals surface area contributed by atoms with Crippen molar-refractivity contribution in [3.05, 3.63) is 11.6 Å². The van der Waals surface area contributed by atoms with Crippen LogP contribution in [0.15, 0.2) is 11.6 Å². The van der Waals surface area contributed by atoms with Gasteiger partial charge in [0.05, 0.1) is 0 Å². The molecule has 1 rings (SSSR count). The molecule has 0 aromatic rings. The van der Waals surface area contributed by atoms with Gasteiger partial charge in [0.1, 0.15) is 0 Å². The minimum absolute atomic E-state index is 0.338. The summed E-state index contributed by atoms with van der Waals surface area (Å²) in [6.45, 7) is 18.1. The zero-order chi connectivity index (χ0) is 14.7. The minimum Gasteiger partial charge on any atom is -0.330 e. The number of nitrogens with zero attached hydrogens (tertiary/aromatic N) is 1. The Bertz CT molecular complexity index is 304. The lowest BCUT2D eigenvalue weighted by Gasteiger charge is -2.35. The number of hydrogen-bond donors (Lipinski definition) is 1. The van der Waals surface area contributed by atoms with Crippen LogP contribution in [0, 0.1) is 16.7 Å². The highest BCUT2D eigenvalue weighted by Crippen LogP contribution is 2.31. The maximum absolute atomic E-state index is 5.95. The Hall–Kier alpha value is -0.340. The van der Waals surface area contributed by atoms with Crippen molar-refractivity contribution in [2.24, 2.45) is 22.5 Å². The van der Waals surface area contributed by atoms with Gasteiger partial charge >= 0.3 is 0 Å². The summed E-state index contributed by atoms with van der Waals surface area (Å²) in [5.74, 6) is 0.629. The molecule has 0 spiro atoms. The molecule has 0 fully saturated rings. The van der Waals surface area contributed by atoms with Crippen LogP contribution in [-0.2, 0) is 0 Å². The third-order valence-corrected chi connectivity index (χ3v) is 4.01. The molecule has 0 bridgehead atoms. The first-order chi connectivity index (χ1) is 8.62. The second-order valence-electron chi connectivity index (χ2n) is 8.36. The summed E-state index contributed by atoms with van der Waals surface area (Å²) in [6, 6.07) is 0. The molecule has 1 heterocycles. The van der Waals surface area contributed by atoms with E-state index in [1.165, 1.54) is 19.4 Å². The van der Waals surface area contributed by atoms with Gasteiger partial charge in [-0.2, -0.15) is 0 Å². The second kappa shape index (κ2) is 6.41. The van der Waals surface area contributed by atoms with Crippen molar-refractivity contribution >= 4 is 0 Å². The zero-order valence-electron chi connectivity index (χ0n) is 13.9. The van der Waals surface area contributed by atoms with Crippen LogP contribution in [0.2, 0.25) is 0 Å². The Labute approximate surface area is 120 Å². The lowest BCUT2D eigenvalue weighted by molar-refractivity contribution is 0.199. The first-order valence-corrected chi connectivity index (χ1v) is 7.74. The van der Waals surface area contributed by atoms with E-state index in [0.717, 1.165) is 19.6 Å². The van der Waals surface area contributed by atoms with Gasteiger partial charge < -0.3 is 5.73 Å². The lowest BCUT2D eigenvalue weighted by atomic mass is 9.82. The monoisotopic (exact) mass is 266 g/mol. The summed E-state index contributed by atoms with van der Waals surface area (Å²) in [5, 5.41) is 0.